The summed E-state index contributed by atoms with van der Waals surface area (Å²) >= 11 is 0. The molecule has 3 heteroatoms. The molecule has 0 radical (unpaired) electrons. The van der Waals surface area contributed by atoms with Gasteiger partial charge in [0, 0.05) is 22.4 Å². The highest BCUT2D eigenvalue weighted by Gasteiger charge is 2.17. The molecule has 0 aliphatic rings. The molecule has 37 heavy (non-hydrogen) atoms. The molecule has 7 rings (SSSR count). The zero-order valence-corrected chi connectivity index (χ0v) is 20.0. The fourth-order valence-corrected chi connectivity index (χ4v) is 5.27. The summed E-state index contributed by atoms with van der Waals surface area (Å²) in [4.78, 5) is 19.0. The van der Waals surface area contributed by atoms with Gasteiger partial charge in [0.05, 0.1) is 16.7 Å². The quantitative estimate of drug-likeness (QED) is 0.243. The summed E-state index contributed by atoms with van der Waals surface area (Å²) < 4.78 is 1.88. The lowest BCUT2D eigenvalue weighted by Crippen LogP contribution is -2.19. The molecule has 0 atom stereocenters. The predicted molar refractivity (Wildman–Crippen MR) is 153 cm³/mol. The summed E-state index contributed by atoms with van der Waals surface area (Å²) in [5.74, 6) is 0. The molecular weight excluding hydrogens is 452 g/mol. The lowest BCUT2D eigenvalue weighted by Gasteiger charge is -2.17. The van der Waals surface area contributed by atoms with E-state index in [4.69, 9.17) is 4.98 Å². The van der Waals surface area contributed by atoms with Crippen LogP contribution in [0.3, 0.4) is 0 Å². The van der Waals surface area contributed by atoms with E-state index < -0.39 is 0 Å². The van der Waals surface area contributed by atoms with E-state index >= 15 is 0 Å². The molecule has 0 spiro atoms. The van der Waals surface area contributed by atoms with Crippen LogP contribution in [0.25, 0.3) is 60.5 Å². The zero-order valence-electron chi connectivity index (χ0n) is 20.0. The Kier molecular flexibility index (Phi) is 4.93. The summed E-state index contributed by atoms with van der Waals surface area (Å²) in [6, 6.07) is 42.9. The minimum Gasteiger partial charge on any atom is -0.276 e. The van der Waals surface area contributed by atoms with Crippen molar-refractivity contribution in [1.82, 2.24) is 9.55 Å². The minimum absolute atomic E-state index is 0.0383. The predicted octanol–water partition coefficient (Wildman–Crippen LogP) is 8.03. The van der Waals surface area contributed by atoms with Gasteiger partial charge in [0.25, 0.3) is 5.56 Å². The maximum absolute atomic E-state index is 14.2. The molecule has 7 aromatic rings. The Morgan fingerprint density at radius 2 is 1.03 bits per heavy atom. The van der Waals surface area contributed by atoms with Crippen molar-refractivity contribution < 1.29 is 0 Å². The lowest BCUT2D eigenvalue weighted by atomic mass is 9.97. The van der Waals surface area contributed by atoms with Crippen molar-refractivity contribution in [3.8, 4) is 27.9 Å². The summed E-state index contributed by atoms with van der Waals surface area (Å²) in [7, 11) is 0. The SMILES string of the molecule is O=c1c2ccccc2c2cnc3ccccc3c2n1-c1cc(-c2ccccc2)cc(-c2ccccc2)c1. The van der Waals surface area contributed by atoms with E-state index in [1.54, 1.807) is 0 Å². The van der Waals surface area contributed by atoms with Crippen LogP contribution >= 0.6 is 0 Å². The molecule has 2 heterocycles. The van der Waals surface area contributed by atoms with E-state index in [1.807, 2.05) is 89.6 Å². The number of nitrogens with zero attached hydrogens (tertiary/aromatic N) is 2. The summed E-state index contributed by atoms with van der Waals surface area (Å²) in [6.45, 7) is 0. The van der Waals surface area contributed by atoms with E-state index in [-0.39, 0.29) is 5.56 Å². The van der Waals surface area contributed by atoms with Crippen molar-refractivity contribution in [2.45, 2.75) is 0 Å². The van der Waals surface area contributed by atoms with Gasteiger partial charge < -0.3 is 0 Å². The second-order valence-electron chi connectivity index (χ2n) is 9.22. The zero-order chi connectivity index (χ0) is 24.8. The molecule has 0 N–H and O–H groups in total. The normalized spacial score (nSPS) is 11.4. The molecule has 0 unspecified atom stereocenters. The van der Waals surface area contributed by atoms with Gasteiger partial charge in [-0.25, -0.2) is 0 Å². The van der Waals surface area contributed by atoms with E-state index in [0.717, 1.165) is 55.1 Å². The highest BCUT2D eigenvalue weighted by atomic mass is 16.1. The summed E-state index contributed by atoms with van der Waals surface area (Å²) in [5, 5.41) is 3.51. The van der Waals surface area contributed by atoms with Gasteiger partial charge in [-0.2, -0.15) is 0 Å². The number of hydrogen-bond donors (Lipinski definition) is 0. The molecule has 0 amide bonds. The van der Waals surface area contributed by atoms with Crippen LogP contribution in [0.15, 0.2) is 138 Å². The molecule has 0 saturated heterocycles. The Morgan fingerprint density at radius 3 is 1.68 bits per heavy atom. The minimum atomic E-state index is -0.0383. The first-order valence-corrected chi connectivity index (χ1v) is 12.4. The second kappa shape index (κ2) is 8.58. The van der Waals surface area contributed by atoms with Crippen LogP contribution in [0.4, 0.5) is 0 Å². The van der Waals surface area contributed by atoms with Gasteiger partial charge in [-0.3, -0.25) is 14.3 Å². The van der Waals surface area contributed by atoms with E-state index in [1.165, 1.54) is 0 Å². The van der Waals surface area contributed by atoms with Crippen molar-refractivity contribution in [1.29, 1.82) is 0 Å². The number of hydrogen-bond acceptors (Lipinski definition) is 2. The first-order chi connectivity index (χ1) is 18.3. The molecule has 0 fully saturated rings. The standard InChI is InChI=1S/C34H22N2O/c37-34-29-16-8-7-15-28(29)31-22-35-32-18-10-9-17-30(32)33(31)36(34)27-20-25(23-11-3-1-4-12-23)19-26(21-27)24-13-5-2-6-14-24/h1-22H. The van der Waals surface area contributed by atoms with Gasteiger partial charge in [-0.15, -0.1) is 0 Å². The van der Waals surface area contributed by atoms with Crippen molar-refractivity contribution in [2.24, 2.45) is 0 Å². The van der Waals surface area contributed by atoms with Crippen LogP contribution in [0.2, 0.25) is 0 Å². The largest absolute Gasteiger partial charge is 0.276 e. The Balaban J connectivity index is 1.66. The Morgan fingerprint density at radius 1 is 0.486 bits per heavy atom. The molecule has 0 aliphatic heterocycles. The average Bonchev–Trinajstić information content (AvgIpc) is 2.98. The summed E-state index contributed by atoms with van der Waals surface area (Å²) in [5.41, 5.74) is 6.85. The van der Waals surface area contributed by atoms with Crippen molar-refractivity contribution >= 4 is 32.6 Å². The first-order valence-electron chi connectivity index (χ1n) is 12.4. The number of pyridine rings is 2. The van der Waals surface area contributed by atoms with E-state index in [2.05, 4.69) is 48.5 Å². The van der Waals surface area contributed by atoms with Gasteiger partial charge in [0.1, 0.15) is 0 Å². The van der Waals surface area contributed by atoms with Crippen molar-refractivity contribution in [3.63, 3.8) is 0 Å². The number of rotatable bonds is 3. The molecule has 5 aromatic carbocycles. The molecule has 0 aliphatic carbocycles. The maximum Gasteiger partial charge on any atom is 0.263 e. The Bertz CT molecular complexity index is 1930. The third-order valence-electron chi connectivity index (χ3n) is 7.01. The fourth-order valence-electron chi connectivity index (χ4n) is 5.27. The van der Waals surface area contributed by atoms with Crippen molar-refractivity contribution in [2.75, 3.05) is 0 Å². The number of benzene rings is 5. The van der Waals surface area contributed by atoms with Crippen LogP contribution in [-0.2, 0) is 0 Å². The van der Waals surface area contributed by atoms with Gasteiger partial charge in [0.15, 0.2) is 0 Å². The highest BCUT2D eigenvalue weighted by molar-refractivity contribution is 6.14. The molecular formula is C34H22N2O. The summed E-state index contributed by atoms with van der Waals surface area (Å²) in [6.07, 6.45) is 1.90. The Labute approximate surface area is 213 Å². The smallest absolute Gasteiger partial charge is 0.263 e. The van der Waals surface area contributed by atoms with Gasteiger partial charge in [0.2, 0.25) is 0 Å². The third-order valence-corrected chi connectivity index (χ3v) is 7.01. The van der Waals surface area contributed by atoms with Crippen LogP contribution in [0.1, 0.15) is 0 Å². The van der Waals surface area contributed by atoms with E-state index in [0.29, 0.717) is 5.39 Å². The molecule has 2 aromatic heterocycles. The molecule has 174 valence electrons. The monoisotopic (exact) mass is 474 g/mol. The van der Waals surface area contributed by atoms with Crippen LogP contribution < -0.4 is 5.56 Å². The maximum atomic E-state index is 14.2. The molecule has 3 nitrogen and oxygen atoms in total. The average molecular weight is 475 g/mol. The van der Waals surface area contributed by atoms with Crippen molar-refractivity contribution in [3.05, 3.63) is 144 Å². The van der Waals surface area contributed by atoms with Gasteiger partial charge >= 0.3 is 0 Å². The van der Waals surface area contributed by atoms with Crippen LogP contribution in [0.5, 0.6) is 0 Å². The number of aromatic nitrogens is 2. The molecule has 0 saturated carbocycles. The van der Waals surface area contributed by atoms with Gasteiger partial charge in [-0.1, -0.05) is 97.1 Å². The number of para-hydroxylation sites is 1. The third kappa shape index (κ3) is 3.52. The van der Waals surface area contributed by atoms with Gasteiger partial charge in [-0.05, 0) is 58.0 Å². The Hall–Kier alpha value is -5.02. The lowest BCUT2D eigenvalue weighted by molar-refractivity contribution is 1.07. The second-order valence-corrected chi connectivity index (χ2v) is 9.22. The van der Waals surface area contributed by atoms with E-state index in [9.17, 15) is 4.79 Å². The molecule has 0 bridgehead atoms. The fraction of sp³-hybridized carbons (Fsp3) is 0. The topological polar surface area (TPSA) is 34.9 Å². The first kappa shape index (κ1) is 21.3. The number of fused-ring (bicyclic) bond motifs is 5. The highest BCUT2D eigenvalue weighted by Crippen LogP contribution is 2.34. The van der Waals surface area contributed by atoms with Crippen LogP contribution in [-0.4, -0.2) is 9.55 Å². The van der Waals surface area contributed by atoms with Crippen LogP contribution in [0, 0.1) is 0 Å².